The maximum absolute atomic E-state index is 11.0. The summed E-state index contributed by atoms with van der Waals surface area (Å²) in [5.74, 6) is -2.89. The molecule has 1 aromatic rings. The van der Waals surface area contributed by atoms with Crippen LogP contribution in [0.3, 0.4) is 0 Å². The molecule has 184 valence electrons. The first-order valence-electron chi connectivity index (χ1n) is 10.2. The molecule has 0 aromatic heterocycles. The Bertz CT molecular complexity index is 781. The Morgan fingerprint density at radius 1 is 1.09 bits per heavy atom. The smallest absolute Gasteiger partial charge is 0.325 e. The Morgan fingerprint density at radius 2 is 1.64 bits per heavy atom. The van der Waals surface area contributed by atoms with E-state index in [9.17, 15) is 19.2 Å². The number of hydrogen-bond acceptors (Lipinski definition) is 8. The number of nitrogens with zero attached hydrogens (tertiary/aromatic N) is 1. The van der Waals surface area contributed by atoms with E-state index >= 15 is 0 Å². The highest BCUT2D eigenvalue weighted by Gasteiger charge is 2.17. The zero-order valence-corrected chi connectivity index (χ0v) is 19.4. The molecule has 11 nitrogen and oxygen atoms in total. The molecule has 4 unspecified atom stereocenters. The molecule has 11 heteroatoms. The van der Waals surface area contributed by atoms with Crippen molar-refractivity contribution < 1.29 is 34.1 Å². The van der Waals surface area contributed by atoms with Crippen molar-refractivity contribution in [1.29, 1.82) is 5.26 Å². The van der Waals surface area contributed by atoms with Crippen molar-refractivity contribution >= 4 is 23.8 Å². The molecule has 0 saturated heterocycles. The number of ether oxygens (including phenoxy) is 1. The van der Waals surface area contributed by atoms with Gasteiger partial charge in [0.1, 0.15) is 24.5 Å². The number of rotatable bonds is 9. The van der Waals surface area contributed by atoms with Gasteiger partial charge in [-0.1, -0.05) is 50.6 Å². The van der Waals surface area contributed by atoms with Gasteiger partial charge in [-0.05, 0) is 24.8 Å². The van der Waals surface area contributed by atoms with Crippen LogP contribution >= 0.6 is 0 Å². The van der Waals surface area contributed by atoms with Gasteiger partial charge < -0.3 is 31.7 Å². The van der Waals surface area contributed by atoms with E-state index in [0.717, 1.165) is 12.0 Å². The van der Waals surface area contributed by atoms with Crippen LogP contribution in [0.25, 0.3) is 0 Å². The Kier molecular flexibility index (Phi) is 17.4. The number of carbonyl (C=O) groups excluding carboxylic acids is 2. The lowest BCUT2D eigenvalue weighted by Crippen LogP contribution is -2.37. The SMILES string of the molecule is CC(NC(=O)CC#N)C(=O)O.CCC(C)C(N)C(=O)O.COC(=O)C(N)Cc1ccccc1. The number of esters is 1. The van der Waals surface area contributed by atoms with Crippen molar-refractivity contribution in [2.45, 2.75) is 58.2 Å². The fourth-order valence-electron chi connectivity index (χ4n) is 2.03. The van der Waals surface area contributed by atoms with E-state index in [0.29, 0.717) is 6.42 Å². The quantitative estimate of drug-likeness (QED) is 0.321. The maximum atomic E-state index is 11.0. The third-order valence-electron chi connectivity index (χ3n) is 4.33. The van der Waals surface area contributed by atoms with Gasteiger partial charge in [-0.3, -0.25) is 19.2 Å². The molecular weight excluding hydrogens is 432 g/mol. The first-order chi connectivity index (χ1) is 15.4. The third-order valence-corrected chi connectivity index (χ3v) is 4.33. The highest BCUT2D eigenvalue weighted by Crippen LogP contribution is 2.04. The van der Waals surface area contributed by atoms with Crippen molar-refractivity contribution in [1.82, 2.24) is 5.32 Å². The second kappa shape index (κ2) is 18.1. The number of nitrogens with one attached hydrogen (secondary N) is 1. The molecule has 0 aliphatic carbocycles. The minimum absolute atomic E-state index is 0.0718. The summed E-state index contributed by atoms with van der Waals surface area (Å²) in [5.41, 5.74) is 11.9. The van der Waals surface area contributed by atoms with Crippen molar-refractivity contribution in [2.75, 3.05) is 7.11 Å². The fourth-order valence-corrected chi connectivity index (χ4v) is 2.03. The molecule has 0 saturated carbocycles. The topological polar surface area (TPSA) is 206 Å². The number of nitrogens with two attached hydrogens (primary N) is 2. The molecule has 4 atom stereocenters. The van der Waals surface area contributed by atoms with Gasteiger partial charge in [0.15, 0.2) is 0 Å². The summed E-state index contributed by atoms with van der Waals surface area (Å²) in [5, 5.41) is 26.8. The monoisotopic (exact) mass is 466 g/mol. The second-order valence-corrected chi connectivity index (χ2v) is 7.03. The Balaban J connectivity index is 0. The Hall–Kier alpha value is -3.49. The van der Waals surface area contributed by atoms with E-state index in [2.05, 4.69) is 10.1 Å². The Morgan fingerprint density at radius 3 is 2.00 bits per heavy atom. The van der Waals surface area contributed by atoms with Gasteiger partial charge in [0, 0.05) is 0 Å². The summed E-state index contributed by atoms with van der Waals surface area (Å²) in [6.45, 7) is 5.09. The van der Waals surface area contributed by atoms with Gasteiger partial charge in [-0.2, -0.15) is 5.26 Å². The van der Waals surface area contributed by atoms with E-state index < -0.39 is 36.0 Å². The standard InChI is InChI=1S/C10H13NO2.C6H8N2O3.C6H13NO2/c1-13-10(12)9(11)7-8-5-3-2-4-6-8;1-4(6(10)11)8-5(9)2-3-7;1-3-4(2)5(7)6(8)9/h2-6,9H,7,11H2,1H3;4H,2H2,1H3,(H,8,9)(H,10,11);4-5H,3,7H2,1-2H3,(H,8,9). The number of carboxylic acids is 2. The van der Waals surface area contributed by atoms with Gasteiger partial charge in [0.05, 0.1) is 13.2 Å². The summed E-state index contributed by atoms with van der Waals surface area (Å²) in [7, 11) is 1.34. The summed E-state index contributed by atoms with van der Waals surface area (Å²) in [6.07, 6.45) is 1.03. The zero-order chi connectivity index (χ0) is 26.0. The summed E-state index contributed by atoms with van der Waals surface area (Å²) in [4.78, 5) is 41.8. The van der Waals surface area contributed by atoms with Gasteiger partial charge >= 0.3 is 17.9 Å². The number of benzene rings is 1. The van der Waals surface area contributed by atoms with Gasteiger partial charge in [-0.25, -0.2) is 0 Å². The molecule has 7 N–H and O–H groups in total. The average molecular weight is 467 g/mol. The molecule has 0 fully saturated rings. The first kappa shape index (κ1) is 31.7. The molecule has 1 aromatic carbocycles. The van der Waals surface area contributed by atoms with Crippen LogP contribution in [-0.2, 0) is 30.3 Å². The van der Waals surface area contributed by atoms with Crippen molar-refractivity contribution in [2.24, 2.45) is 17.4 Å². The largest absolute Gasteiger partial charge is 0.480 e. The molecule has 0 heterocycles. The number of hydrogen-bond donors (Lipinski definition) is 5. The average Bonchev–Trinajstić information content (AvgIpc) is 2.78. The van der Waals surface area contributed by atoms with Crippen molar-refractivity contribution in [3.05, 3.63) is 35.9 Å². The third kappa shape index (κ3) is 15.9. The molecular formula is C22H34N4O7. The summed E-state index contributed by atoms with van der Waals surface area (Å²) >= 11 is 0. The van der Waals surface area contributed by atoms with E-state index in [1.807, 2.05) is 44.2 Å². The molecule has 33 heavy (non-hydrogen) atoms. The number of carboxylic acid groups (broad SMARTS) is 2. The number of methoxy groups -OCH3 is 1. The minimum Gasteiger partial charge on any atom is -0.480 e. The predicted octanol–water partition coefficient (Wildman–Crippen LogP) is 0.663. The summed E-state index contributed by atoms with van der Waals surface area (Å²) in [6, 6.07) is 9.03. The van der Waals surface area contributed by atoms with Crippen LogP contribution in [-0.4, -0.2) is 59.3 Å². The van der Waals surface area contributed by atoms with Gasteiger partial charge in [-0.15, -0.1) is 0 Å². The van der Waals surface area contributed by atoms with E-state index in [1.54, 1.807) is 6.07 Å². The van der Waals surface area contributed by atoms with Crippen LogP contribution in [0.4, 0.5) is 0 Å². The number of aliphatic carboxylic acids is 2. The molecule has 0 bridgehead atoms. The van der Waals surface area contributed by atoms with Crippen LogP contribution in [0.15, 0.2) is 30.3 Å². The molecule has 0 aliphatic rings. The lowest BCUT2D eigenvalue weighted by molar-refractivity contribution is -0.142. The first-order valence-corrected chi connectivity index (χ1v) is 10.2. The van der Waals surface area contributed by atoms with Crippen LogP contribution in [0, 0.1) is 17.2 Å². The zero-order valence-electron chi connectivity index (χ0n) is 19.4. The van der Waals surface area contributed by atoms with Crippen LogP contribution < -0.4 is 16.8 Å². The molecule has 0 spiro atoms. The van der Waals surface area contributed by atoms with Gasteiger partial charge in [0.25, 0.3) is 0 Å². The molecule has 1 amide bonds. The van der Waals surface area contributed by atoms with E-state index in [1.165, 1.54) is 14.0 Å². The molecule has 0 aliphatic heterocycles. The van der Waals surface area contributed by atoms with Crippen LogP contribution in [0.1, 0.15) is 39.2 Å². The lowest BCUT2D eigenvalue weighted by atomic mass is 10.0. The molecule has 0 radical (unpaired) electrons. The van der Waals surface area contributed by atoms with Crippen molar-refractivity contribution in [3.8, 4) is 6.07 Å². The van der Waals surface area contributed by atoms with Crippen LogP contribution in [0.5, 0.6) is 0 Å². The van der Waals surface area contributed by atoms with E-state index in [4.69, 9.17) is 26.9 Å². The summed E-state index contributed by atoms with van der Waals surface area (Å²) < 4.78 is 4.52. The minimum atomic E-state index is -1.11. The second-order valence-electron chi connectivity index (χ2n) is 7.03. The highest BCUT2D eigenvalue weighted by molar-refractivity contribution is 5.84. The number of nitriles is 1. The Labute approximate surface area is 193 Å². The highest BCUT2D eigenvalue weighted by atomic mass is 16.5. The van der Waals surface area contributed by atoms with Crippen molar-refractivity contribution in [3.63, 3.8) is 0 Å². The normalized spacial score (nSPS) is 13.1. The maximum Gasteiger partial charge on any atom is 0.325 e. The number of carbonyl (C=O) groups is 4. The number of amides is 1. The molecule has 1 rings (SSSR count). The van der Waals surface area contributed by atoms with Gasteiger partial charge in [0.2, 0.25) is 5.91 Å². The lowest BCUT2D eigenvalue weighted by Gasteiger charge is -2.11. The van der Waals surface area contributed by atoms with Crippen LogP contribution in [0.2, 0.25) is 0 Å². The fraction of sp³-hybridized carbons (Fsp3) is 0.500. The van der Waals surface area contributed by atoms with E-state index in [-0.39, 0.29) is 18.3 Å². The predicted molar refractivity (Wildman–Crippen MR) is 121 cm³/mol.